The first-order valence-electron chi connectivity index (χ1n) is 14.6. The SMILES string of the molecule is CC1SC(C#N)NC1[C@@H](c1cccc(-n2cc3c(C(F)(F)F)cc(CN4CCC[C@H](C)C4)cn3c2=O)c1)C1CCC1. The highest BCUT2D eigenvalue weighted by atomic mass is 32.2. The Bertz CT molecular complexity index is 1520. The molecule has 5 atom stereocenters. The molecular formula is C31H36F3N5OS. The number of hydrogen-bond donors (Lipinski definition) is 1. The molecule has 0 bridgehead atoms. The van der Waals surface area contributed by atoms with Gasteiger partial charge in [-0.1, -0.05) is 32.4 Å². The van der Waals surface area contributed by atoms with E-state index in [1.165, 1.54) is 23.3 Å². The molecule has 3 aromatic rings. The molecule has 6 nitrogen and oxygen atoms in total. The van der Waals surface area contributed by atoms with Crippen molar-refractivity contribution < 1.29 is 13.2 Å². The molecule has 6 rings (SSSR count). The maximum absolute atomic E-state index is 14.3. The number of halogens is 3. The van der Waals surface area contributed by atoms with Gasteiger partial charge in [0.1, 0.15) is 5.37 Å². The third kappa shape index (κ3) is 5.56. The first kappa shape index (κ1) is 28.4. The first-order chi connectivity index (χ1) is 19.6. The highest BCUT2D eigenvalue weighted by Gasteiger charge is 2.42. The van der Waals surface area contributed by atoms with Gasteiger partial charge in [-0.15, -0.1) is 11.8 Å². The van der Waals surface area contributed by atoms with Crippen LogP contribution in [0.4, 0.5) is 13.2 Å². The summed E-state index contributed by atoms with van der Waals surface area (Å²) in [5.74, 6) is 1.12. The first-order valence-corrected chi connectivity index (χ1v) is 15.5. The number of nitrogens with zero attached hydrogens (tertiary/aromatic N) is 4. The number of aromatic nitrogens is 2. The van der Waals surface area contributed by atoms with Crippen LogP contribution in [0.25, 0.3) is 11.2 Å². The summed E-state index contributed by atoms with van der Waals surface area (Å²) in [6.07, 6.45) is 3.83. The number of fused-ring (bicyclic) bond motifs is 1. The Balaban J connectivity index is 1.39. The van der Waals surface area contributed by atoms with Crippen molar-refractivity contribution in [2.24, 2.45) is 11.8 Å². The summed E-state index contributed by atoms with van der Waals surface area (Å²) in [5, 5.41) is 13.0. The molecule has 41 heavy (non-hydrogen) atoms. The van der Waals surface area contributed by atoms with Crippen LogP contribution in [0.3, 0.4) is 0 Å². The molecule has 1 aromatic carbocycles. The van der Waals surface area contributed by atoms with E-state index in [4.69, 9.17) is 0 Å². The summed E-state index contributed by atoms with van der Waals surface area (Å²) in [5.41, 5.74) is 0.651. The van der Waals surface area contributed by atoms with Crippen LogP contribution >= 0.6 is 11.8 Å². The van der Waals surface area contributed by atoms with Crippen molar-refractivity contribution in [3.05, 3.63) is 69.9 Å². The quantitative estimate of drug-likeness (QED) is 0.376. The molecule has 3 unspecified atom stereocenters. The maximum atomic E-state index is 14.3. The molecule has 2 aromatic heterocycles. The van der Waals surface area contributed by atoms with Gasteiger partial charge in [-0.25, -0.2) is 4.79 Å². The van der Waals surface area contributed by atoms with E-state index < -0.39 is 17.4 Å². The fourth-order valence-electron chi connectivity index (χ4n) is 7.00. The lowest BCUT2D eigenvalue weighted by molar-refractivity contribution is -0.136. The van der Waals surface area contributed by atoms with Crippen LogP contribution < -0.4 is 11.0 Å². The summed E-state index contributed by atoms with van der Waals surface area (Å²) >= 11 is 1.63. The largest absolute Gasteiger partial charge is 0.418 e. The Morgan fingerprint density at radius 1 is 1.15 bits per heavy atom. The Hall–Kier alpha value is -2.74. The van der Waals surface area contributed by atoms with Gasteiger partial charge in [0.25, 0.3) is 0 Å². The van der Waals surface area contributed by atoms with Crippen molar-refractivity contribution in [3.63, 3.8) is 0 Å². The van der Waals surface area contributed by atoms with Crippen molar-refractivity contribution in [2.45, 2.75) is 81.3 Å². The molecule has 4 heterocycles. The molecule has 1 aliphatic carbocycles. The predicted molar refractivity (Wildman–Crippen MR) is 155 cm³/mol. The van der Waals surface area contributed by atoms with E-state index in [-0.39, 0.29) is 28.1 Å². The van der Waals surface area contributed by atoms with E-state index in [1.807, 2.05) is 18.2 Å². The lowest BCUT2D eigenvalue weighted by Gasteiger charge is -2.39. The summed E-state index contributed by atoms with van der Waals surface area (Å²) in [7, 11) is 0. The van der Waals surface area contributed by atoms with Crippen molar-refractivity contribution in [3.8, 4) is 11.8 Å². The van der Waals surface area contributed by atoms with E-state index in [0.29, 0.717) is 29.6 Å². The van der Waals surface area contributed by atoms with Crippen LogP contribution in [0.1, 0.15) is 68.6 Å². The van der Waals surface area contributed by atoms with Gasteiger partial charge in [-0.05, 0) is 73.4 Å². The molecule has 0 amide bonds. The second-order valence-electron chi connectivity index (χ2n) is 12.1. The summed E-state index contributed by atoms with van der Waals surface area (Å²) in [6.45, 7) is 6.37. The van der Waals surface area contributed by atoms with Crippen molar-refractivity contribution in [2.75, 3.05) is 13.1 Å². The Labute approximate surface area is 242 Å². The minimum absolute atomic E-state index is 0.104. The number of nitrogens with one attached hydrogen (secondary N) is 1. The number of piperidine rings is 1. The molecule has 3 aliphatic rings. The van der Waals surface area contributed by atoms with E-state index in [9.17, 15) is 23.2 Å². The summed E-state index contributed by atoms with van der Waals surface area (Å²) in [6, 6.07) is 11.3. The van der Waals surface area contributed by atoms with E-state index in [1.54, 1.807) is 24.0 Å². The fourth-order valence-corrected chi connectivity index (χ4v) is 8.14. The van der Waals surface area contributed by atoms with Crippen molar-refractivity contribution in [1.82, 2.24) is 19.2 Å². The number of likely N-dealkylation sites (tertiary alicyclic amines) is 1. The molecule has 1 N–H and O–H groups in total. The predicted octanol–water partition coefficient (Wildman–Crippen LogP) is 6.17. The number of hydrogen-bond acceptors (Lipinski definition) is 5. The zero-order valence-corrected chi connectivity index (χ0v) is 24.2. The Kier molecular flexibility index (Phi) is 7.72. The molecule has 0 spiro atoms. The average Bonchev–Trinajstić information content (AvgIpc) is 3.44. The average molecular weight is 584 g/mol. The third-order valence-corrected chi connectivity index (χ3v) is 10.4. The molecule has 3 fully saturated rings. The molecule has 10 heteroatoms. The summed E-state index contributed by atoms with van der Waals surface area (Å²) in [4.78, 5) is 15.8. The minimum atomic E-state index is -4.59. The monoisotopic (exact) mass is 583 g/mol. The van der Waals surface area contributed by atoms with Gasteiger partial charge in [-0.3, -0.25) is 19.2 Å². The molecule has 0 radical (unpaired) electrons. The van der Waals surface area contributed by atoms with Gasteiger partial charge >= 0.3 is 11.9 Å². The smallest absolute Gasteiger partial charge is 0.299 e. The van der Waals surface area contributed by atoms with Crippen LogP contribution in [0.2, 0.25) is 0 Å². The molecule has 2 saturated heterocycles. The van der Waals surface area contributed by atoms with Gasteiger partial charge in [0.05, 0.1) is 22.8 Å². The standard InChI is InChI=1S/C31H36F3N5OS/c1-19-6-5-11-37(15-19)16-21-12-25(31(32,33)34)26-18-38(30(40)39(26)17-21)24-10-4-9-23(13-24)28(22-7-3-8-22)29-20(2)41-27(14-35)36-29/h4,9-10,12-13,17-20,22,27-29,36H,3,5-8,11,15-16H2,1-2H3/t19-,20?,27?,28+,29?/m0/s1. The molecule has 1 saturated carbocycles. The maximum Gasteiger partial charge on any atom is 0.418 e. The number of imidazole rings is 1. The number of benzene rings is 1. The highest BCUT2D eigenvalue weighted by molar-refractivity contribution is 8.01. The number of alkyl halides is 3. The zero-order valence-electron chi connectivity index (χ0n) is 23.4. The van der Waals surface area contributed by atoms with Gasteiger partial charge in [-0.2, -0.15) is 18.4 Å². The molecular weight excluding hydrogens is 547 g/mol. The van der Waals surface area contributed by atoms with E-state index >= 15 is 0 Å². The van der Waals surface area contributed by atoms with Crippen molar-refractivity contribution in [1.29, 1.82) is 5.26 Å². The second-order valence-corrected chi connectivity index (χ2v) is 13.6. The Morgan fingerprint density at radius 2 is 1.95 bits per heavy atom. The lowest BCUT2D eigenvalue weighted by atomic mass is 9.69. The number of pyridine rings is 1. The third-order valence-electron chi connectivity index (χ3n) is 9.17. The van der Waals surface area contributed by atoms with Crippen molar-refractivity contribution >= 4 is 17.3 Å². The number of thioether (sulfide) groups is 1. The van der Waals surface area contributed by atoms with Gasteiger partial charge in [0.15, 0.2) is 0 Å². The molecule has 218 valence electrons. The van der Waals surface area contributed by atoms with Crippen LogP contribution in [-0.4, -0.2) is 43.6 Å². The number of nitriles is 1. The van der Waals surface area contributed by atoms with Gasteiger partial charge in [0.2, 0.25) is 0 Å². The highest BCUT2D eigenvalue weighted by Crippen LogP contribution is 2.46. The second kappa shape index (κ2) is 11.2. The van der Waals surface area contributed by atoms with Crippen LogP contribution in [0.5, 0.6) is 0 Å². The van der Waals surface area contributed by atoms with E-state index in [0.717, 1.165) is 48.7 Å². The summed E-state index contributed by atoms with van der Waals surface area (Å²) < 4.78 is 45.4. The normalized spacial score (nSPS) is 26.6. The van der Waals surface area contributed by atoms with Crippen LogP contribution in [0.15, 0.2) is 47.5 Å². The zero-order chi connectivity index (χ0) is 28.9. The number of rotatable bonds is 6. The van der Waals surface area contributed by atoms with Gasteiger partial charge in [0, 0.05) is 42.7 Å². The topological polar surface area (TPSA) is 65.5 Å². The minimum Gasteiger partial charge on any atom is -0.299 e. The van der Waals surface area contributed by atoms with Crippen LogP contribution in [-0.2, 0) is 12.7 Å². The molecule has 2 aliphatic heterocycles. The van der Waals surface area contributed by atoms with Gasteiger partial charge < -0.3 is 0 Å². The van der Waals surface area contributed by atoms with E-state index in [2.05, 4.69) is 30.1 Å². The van der Waals surface area contributed by atoms with Crippen LogP contribution in [0, 0.1) is 23.2 Å². The Morgan fingerprint density at radius 3 is 2.61 bits per heavy atom. The fraction of sp³-hybridized carbons (Fsp3) is 0.548. The lowest BCUT2D eigenvalue weighted by Crippen LogP contribution is -2.42.